The molecule has 0 saturated heterocycles. The summed E-state index contributed by atoms with van der Waals surface area (Å²) in [7, 11) is 0. The van der Waals surface area contributed by atoms with E-state index >= 15 is 0 Å². The maximum Gasteiger partial charge on any atom is 0.0991 e. The lowest BCUT2D eigenvalue weighted by molar-refractivity contribution is 1.48. The fourth-order valence-electron chi connectivity index (χ4n) is 6.27. The molecule has 0 unspecified atom stereocenters. The standard InChI is InChI=1S/C39H23N/c40-24-25-11-13-26(14-12-25)27-5-3-6-28(21-27)29-15-16-31-23-32(18-17-30(31)22-29)33-19-20-38-35-8-2-1-7-34(35)37-10-4-9-36(33)39(37)38/h1-23H. The zero-order chi connectivity index (χ0) is 26.6. The van der Waals surface area contributed by atoms with E-state index < -0.39 is 0 Å². The van der Waals surface area contributed by atoms with Gasteiger partial charge in [0.05, 0.1) is 11.6 Å². The third-order valence-electron chi connectivity index (χ3n) is 8.24. The monoisotopic (exact) mass is 505 g/mol. The Labute approximate surface area is 233 Å². The summed E-state index contributed by atoms with van der Waals surface area (Å²) in [6, 6.07) is 52.1. The van der Waals surface area contributed by atoms with Gasteiger partial charge in [-0.25, -0.2) is 0 Å². The fraction of sp³-hybridized carbons (Fsp3) is 0. The zero-order valence-corrected chi connectivity index (χ0v) is 21.7. The smallest absolute Gasteiger partial charge is 0.0991 e. The molecule has 0 N–H and O–H groups in total. The highest BCUT2D eigenvalue weighted by molar-refractivity contribution is 6.18. The van der Waals surface area contributed by atoms with Crippen LogP contribution < -0.4 is 0 Å². The van der Waals surface area contributed by atoms with Crippen LogP contribution in [0.3, 0.4) is 0 Å². The van der Waals surface area contributed by atoms with Crippen molar-refractivity contribution in [1.82, 2.24) is 0 Å². The normalized spacial score (nSPS) is 11.5. The quantitative estimate of drug-likeness (QED) is 0.234. The van der Waals surface area contributed by atoms with Gasteiger partial charge in [-0.1, -0.05) is 109 Å². The van der Waals surface area contributed by atoms with Crippen LogP contribution in [0.1, 0.15) is 5.56 Å². The van der Waals surface area contributed by atoms with Crippen molar-refractivity contribution in [3.63, 3.8) is 0 Å². The van der Waals surface area contributed by atoms with Crippen LogP contribution in [0.5, 0.6) is 0 Å². The summed E-state index contributed by atoms with van der Waals surface area (Å²) < 4.78 is 0. The van der Waals surface area contributed by atoms with E-state index in [-0.39, 0.29) is 0 Å². The highest BCUT2D eigenvalue weighted by Crippen LogP contribution is 2.49. The van der Waals surface area contributed by atoms with Crippen LogP contribution in [0, 0.1) is 11.3 Å². The highest BCUT2D eigenvalue weighted by Gasteiger charge is 2.22. The summed E-state index contributed by atoms with van der Waals surface area (Å²) in [5, 5.41) is 14.2. The number of nitrogens with zero attached hydrogens (tertiary/aromatic N) is 1. The fourth-order valence-corrected chi connectivity index (χ4v) is 6.27. The van der Waals surface area contributed by atoms with Crippen LogP contribution in [0.25, 0.3) is 77.2 Å². The molecule has 0 atom stereocenters. The minimum atomic E-state index is 0.677. The molecule has 0 radical (unpaired) electrons. The molecule has 8 rings (SSSR count). The van der Waals surface area contributed by atoms with E-state index in [1.165, 1.54) is 66.1 Å². The molecule has 7 aromatic carbocycles. The molecule has 40 heavy (non-hydrogen) atoms. The molecular formula is C39H23N. The molecule has 0 amide bonds. The first-order chi connectivity index (χ1) is 19.8. The molecule has 0 heterocycles. The average molecular weight is 506 g/mol. The Morgan fingerprint density at radius 2 is 0.925 bits per heavy atom. The van der Waals surface area contributed by atoms with Gasteiger partial charge in [-0.3, -0.25) is 0 Å². The first kappa shape index (κ1) is 22.5. The number of fused-ring (bicyclic) bond motifs is 4. The summed E-state index contributed by atoms with van der Waals surface area (Å²) in [5.41, 5.74) is 13.1. The molecule has 1 aliphatic carbocycles. The van der Waals surface area contributed by atoms with Crippen LogP contribution in [-0.2, 0) is 0 Å². The van der Waals surface area contributed by atoms with Crippen molar-refractivity contribution in [1.29, 1.82) is 5.26 Å². The molecule has 0 aliphatic heterocycles. The minimum Gasteiger partial charge on any atom is -0.192 e. The van der Waals surface area contributed by atoms with Crippen molar-refractivity contribution in [2.24, 2.45) is 0 Å². The minimum absolute atomic E-state index is 0.677. The van der Waals surface area contributed by atoms with Crippen molar-refractivity contribution in [3.8, 4) is 61.7 Å². The molecule has 0 aromatic heterocycles. The SMILES string of the molecule is N#Cc1ccc(-c2cccc(-c3ccc4cc(-c5ccc6c7c(cccc57)-c5ccccc5-6)ccc4c3)c2)cc1. The van der Waals surface area contributed by atoms with Gasteiger partial charge in [0, 0.05) is 0 Å². The lowest BCUT2D eigenvalue weighted by Crippen LogP contribution is -1.85. The second-order valence-electron chi connectivity index (χ2n) is 10.5. The maximum atomic E-state index is 9.12. The molecule has 0 spiro atoms. The van der Waals surface area contributed by atoms with Crippen LogP contribution >= 0.6 is 0 Å². The predicted octanol–water partition coefficient (Wildman–Crippen LogP) is 10.5. The Balaban J connectivity index is 1.18. The lowest BCUT2D eigenvalue weighted by atomic mass is 9.92. The van der Waals surface area contributed by atoms with Crippen molar-refractivity contribution in [2.45, 2.75) is 0 Å². The van der Waals surface area contributed by atoms with Gasteiger partial charge in [0.2, 0.25) is 0 Å². The molecule has 7 aromatic rings. The first-order valence-electron chi connectivity index (χ1n) is 13.6. The highest BCUT2D eigenvalue weighted by atomic mass is 14.3. The molecule has 1 aliphatic rings. The third kappa shape index (κ3) is 3.48. The Morgan fingerprint density at radius 1 is 0.375 bits per heavy atom. The van der Waals surface area contributed by atoms with Gasteiger partial charge in [0.25, 0.3) is 0 Å². The number of hydrogen-bond acceptors (Lipinski definition) is 1. The Bertz CT molecular complexity index is 2130. The van der Waals surface area contributed by atoms with Crippen LogP contribution in [0.4, 0.5) is 0 Å². The van der Waals surface area contributed by atoms with Crippen LogP contribution in [0.2, 0.25) is 0 Å². The van der Waals surface area contributed by atoms with Gasteiger partial charge in [-0.15, -0.1) is 0 Å². The second kappa shape index (κ2) is 8.80. The summed E-state index contributed by atoms with van der Waals surface area (Å²) in [6.07, 6.45) is 0. The molecule has 1 nitrogen and oxygen atoms in total. The van der Waals surface area contributed by atoms with E-state index in [0.717, 1.165) is 11.1 Å². The number of rotatable bonds is 3. The first-order valence-corrected chi connectivity index (χ1v) is 13.6. The summed E-state index contributed by atoms with van der Waals surface area (Å²) in [5.74, 6) is 0. The third-order valence-corrected chi connectivity index (χ3v) is 8.24. The zero-order valence-electron chi connectivity index (χ0n) is 21.7. The summed E-state index contributed by atoms with van der Waals surface area (Å²) >= 11 is 0. The lowest BCUT2D eigenvalue weighted by Gasteiger charge is -2.12. The number of benzene rings is 7. The van der Waals surface area contributed by atoms with Crippen molar-refractivity contribution in [2.75, 3.05) is 0 Å². The van der Waals surface area contributed by atoms with Gasteiger partial charge < -0.3 is 0 Å². The Kier molecular flexibility index (Phi) is 4.96. The van der Waals surface area contributed by atoms with Gasteiger partial charge in [0.15, 0.2) is 0 Å². The van der Waals surface area contributed by atoms with Crippen LogP contribution in [0.15, 0.2) is 140 Å². The van der Waals surface area contributed by atoms with Crippen molar-refractivity contribution < 1.29 is 0 Å². The Hall–Kier alpha value is -5.45. The molecule has 0 saturated carbocycles. The molecule has 0 bridgehead atoms. The van der Waals surface area contributed by atoms with Crippen molar-refractivity contribution in [3.05, 3.63) is 145 Å². The largest absolute Gasteiger partial charge is 0.192 e. The molecule has 1 heteroatoms. The number of nitriles is 1. The topological polar surface area (TPSA) is 23.8 Å². The van der Waals surface area contributed by atoms with E-state index in [4.69, 9.17) is 5.26 Å². The second-order valence-corrected chi connectivity index (χ2v) is 10.5. The van der Waals surface area contributed by atoms with E-state index in [0.29, 0.717) is 5.56 Å². The van der Waals surface area contributed by atoms with Crippen molar-refractivity contribution >= 4 is 21.5 Å². The summed E-state index contributed by atoms with van der Waals surface area (Å²) in [6.45, 7) is 0. The molecule has 184 valence electrons. The van der Waals surface area contributed by atoms with Gasteiger partial charge in [-0.05, 0) is 108 Å². The average Bonchev–Trinajstić information content (AvgIpc) is 3.36. The van der Waals surface area contributed by atoms with E-state index in [2.05, 4.69) is 121 Å². The summed E-state index contributed by atoms with van der Waals surface area (Å²) in [4.78, 5) is 0. The van der Waals surface area contributed by atoms with Crippen LogP contribution in [-0.4, -0.2) is 0 Å². The maximum absolute atomic E-state index is 9.12. The predicted molar refractivity (Wildman–Crippen MR) is 167 cm³/mol. The molecular weight excluding hydrogens is 482 g/mol. The van der Waals surface area contributed by atoms with E-state index in [1.807, 2.05) is 24.3 Å². The number of hydrogen-bond donors (Lipinski definition) is 0. The van der Waals surface area contributed by atoms with E-state index in [9.17, 15) is 0 Å². The van der Waals surface area contributed by atoms with Gasteiger partial charge in [-0.2, -0.15) is 5.26 Å². The molecule has 0 fully saturated rings. The Morgan fingerprint density at radius 3 is 1.68 bits per heavy atom. The van der Waals surface area contributed by atoms with Gasteiger partial charge >= 0.3 is 0 Å². The van der Waals surface area contributed by atoms with Gasteiger partial charge in [0.1, 0.15) is 0 Å². The van der Waals surface area contributed by atoms with E-state index in [1.54, 1.807) is 0 Å².